The number of pyridine rings is 1. The quantitative estimate of drug-likeness (QED) is 0.771. The number of rotatable bonds is 7. The molecule has 1 heterocycles. The van der Waals surface area contributed by atoms with E-state index in [9.17, 15) is 9.90 Å². The van der Waals surface area contributed by atoms with Gasteiger partial charge in [0.05, 0.1) is 18.4 Å². The van der Waals surface area contributed by atoms with E-state index in [-0.39, 0.29) is 18.6 Å². The summed E-state index contributed by atoms with van der Waals surface area (Å²) in [7, 11) is 0. The van der Waals surface area contributed by atoms with E-state index in [1.165, 1.54) is 17.3 Å². The van der Waals surface area contributed by atoms with Crippen LogP contribution in [-0.2, 0) is 11.2 Å². The molecule has 0 saturated heterocycles. The maximum atomic E-state index is 12.0. The maximum Gasteiger partial charge on any atom is 0.230 e. The summed E-state index contributed by atoms with van der Waals surface area (Å²) in [6.45, 7) is 1.98. The first-order chi connectivity index (χ1) is 10.7. The van der Waals surface area contributed by atoms with Gasteiger partial charge in [0.25, 0.3) is 0 Å². The monoisotopic (exact) mass is 316 g/mol. The van der Waals surface area contributed by atoms with Crippen LogP contribution in [0.25, 0.3) is 0 Å². The number of amides is 1. The van der Waals surface area contributed by atoms with Crippen LogP contribution >= 0.6 is 11.8 Å². The lowest BCUT2D eigenvalue weighted by molar-refractivity contribution is -0.119. The van der Waals surface area contributed by atoms with Crippen LogP contribution in [0.3, 0.4) is 0 Å². The molecule has 22 heavy (non-hydrogen) atoms. The number of carbonyl (C=O) groups excluding carboxylic acids is 1. The molecule has 0 saturated carbocycles. The van der Waals surface area contributed by atoms with E-state index < -0.39 is 0 Å². The van der Waals surface area contributed by atoms with Crippen LogP contribution in [0.1, 0.15) is 24.1 Å². The molecular weight excluding hydrogens is 296 g/mol. The Labute approximate surface area is 135 Å². The molecule has 0 aliphatic carbocycles. The number of carbonyl (C=O) groups is 1. The van der Waals surface area contributed by atoms with Crippen molar-refractivity contribution in [1.29, 1.82) is 0 Å². The van der Waals surface area contributed by atoms with Crippen molar-refractivity contribution >= 4 is 17.7 Å². The van der Waals surface area contributed by atoms with E-state index in [1.54, 1.807) is 12.4 Å². The van der Waals surface area contributed by atoms with E-state index >= 15 is 0 Å². The van der Waals surface area contributed by atoms with Gasteiger partial charge < -0.3 is 10.4 Å². The van der Waals surface area contributed by atoms with Gasteiger partial charge in [-0.2, -0.15) is 0 Å². The number of aliphatic hydroxyl groups excluding tert-OH is 1. The molecule has 5 heteroatoms. The summed E-state index contributed by atoms with van der Waals surface area (Å²) in [4.78, 5) is 17.0. The summed E-state index contributed by atoms with van der Waals surface area (Å²) in [6.07, 6.45) is 4.37. The lowest BCUT2D eigenvalue weighted by Gasteiger charge is -2.17. The molecule has 2 aromatic rings. The van der Waals surface area contributed by atoms with E-state index in [0.717, 1.165) is 16.9 Å². The molecule has 1 aromatic carbocycles. The highest BCUT2D eigenvalue weighted by atomic mass is 32.2. The van der Waals surface area contributed by atoms with E-state index in [0.29, 0.717) is 5.75 Å². The predicted octanol–water partition coefficient (Wildman–Crippen LogP) is 2.59. The Kier molecular flexibility index (Phi) is 6.43. The second-order valence-corrected chi connectivity index (χ2v) is 5.92. The van der Waals surface area contributed by atoms with Gasteiger partial charge in [-0.1, -0.05) is 31.2 Å². The van der Waals surface area contributed by atoms with Gasteiger partial charge in [0.2, 0.25) is 5.91 Å². The lowest BCUT2D eigenvalue weighted by Crippen LogP contribution is -2.32. The number of aliphatic hydroxyl groups is 1. The fraction of sp³-hybridized carbons (Fsp3) is 0.294. The van der Waals surface area contributed by atoms with Gasteiger partial charge in [0.1, 0.15) is 0 Å². The number of aromatic nitrogens is 1. The molecule has 0 radical (unpaired) electrons. The first kappa shape index (κ1) is 16.5. The highest BCUT2D eigenvalue weighted by Gasteiger charge is 2.13. The van der Waals surface area contributed by atoms with Crippen molar-refractivity contribution in [3.8, 4) is 0 Å². The van der Waals surface area contributed by atoms with E-state index in [1.807, 2.05) is 36.4 Å². The number of nitrogens with zero attached hydrogens (tertiary/aromatic N) is 1. The normalized spacial score (nSPS) is 11.9. The number of benzene rings is 1. The average molecular weight is 316 g/mol. The first-order valence-electron chi connectivity index (χ1n) is 7.24. The zero-order valence-corrected chi connectivity index (χ0v) is 13.3. The largest absolute Gasteiger partial charge is 0.394 e. The van der Waals surface area contributed by atoms with Crippen molar-refractivity contribution in [2.45, 2.75) is 24.3 Å². The molecule has 1 aromatic heterocycles. The molecule has 2 N–H and O–H groups in total. The third-order valence-electron chi connectivity index (χ3n) is 3.33. The highest BCUT2D eigenvalue weighted by molar-refractivity contribution is 8.00. The smallest absolute Gasteiger partial charge is 0.230 e. The second kappa shape index (κ2) is 8.56. The molecule has 0 aliphatic rings. The topological polar surface area (TPSA) is 62.2 Å². The summed E-state index contributed by atoms with van der Waals surface area (Å²) in [5.41, 5.74) is 2.15. The number of hydrogen-bond acceptors (Lipinski definition) is 4. The summed E-state index contributed by atoms with van der Waals surface area (Å²) in [6, 6.07) is 11.3. The Morgan fingerprint density at radius 3 is 2.50 bits per heavy atom. The second-order valence-electron chi connectivity index (χ2n) is 4.87. The van der Waals surface area contributed by atoms with Crippen molar-refractivity contribution in [3.63, 3.8) is 0 Å². The van der Waals surface area contributed by atoms with Gasteiger partial charge in [-0.05, 0) is 29.7 Å². The van der Waals surface area contributed by atoms with Gasteiger partial charge >= 0.3 is 0 Å². The Balaban J connectivity index is 1.90. The number of nitrogens with one attached hydrogen (secondary N) is 1. The van der Waals surface area contributed by atoms with Crippen LogP contribution in [0.5, 0.6) is 0 Å². The van der Waals surface area contributed by atoms with Crippen LogP contribution in [0, 0.1) is 0 Å². The van der Waals surface area contributed by atoms with Crippen LogP contribution in [-0.4, -0.2) is 28.4 Å². The van der Waals surface area contributed by atoms with Crippen LogP contribution < -0.4 is 5.32 Å². The van der Waals surface area contributed by atoms with Gasteiger partial charge in [0.15, 0.2) is 0 Å². The molecular formula is C17H20N2O2S. The summed E-state index contributed by atoms with van der Waals surface area (Å²) in [5.74, 6) is 0.216. The third-order valence-corrected chi connectivity index (χ3v) is 4.34. The van der Waals surface area contributed by atoms with Crippen LogP contribution in [0.15, 0.2) is 53.7 Å². The standard InChI is InChI=1S/C17H20N2O2S/c1-2-13-3-5-14(6-4-13)16(11-20)19-17(21)12-22-15-7-9-18-10-8-15/h3-10,16,20H,2,11-12H2,1H3,(H,19,21). The molecule has 1 unspecified atom stereocenters. The molecule has 2 rings (SSSR count). The molecule has 0 aliphatic heterocycles. The Hall–Kier alpha value is -1.85. The summed E-state index contributed by atoms with van der Waals surface area (Å²) < 4.78 is 0. The van der Waals surface area contributed by atoms with Gasteiger partial charge in [-0.25, -0.2) is 0 Å². The highest BCUT2D eigenvalue weighted by Crippen LogP contribution is 2.17. The fourth-order valence-corrected chi connectivity index (χ4v) is 2.73. The zero-order valence-electron chi connectivity index (χ0n) is 12.5. The van der Waals surface area contributed by atoms with E-state index in [2.05, 4.69) is 17.2 Å². The van der Waals surface area contributed by atoms with Crippen LogP contribution in [0.4, 0.5) is 0 Å². The van der Waals surface area contributed by atoms with E-state index in [4.69, 9.17) is 0 Å². The average Bonchev–Trinajstić information content (AvgIpc) is 2.59. The fourth-order valence-electron chi connectivity index (χ4n) is 2.04. The van der Waals surface area contributed by atoms with Gasteiger partial charge in [-0.15, -0.1) is 11.8 Å². The molecule has 0 fully saturated rings. The zero-order chi connectivity index (χ0) is 15.8. The van der Waals surface area contributed by atoms with Crippen molar-refractivity contribution in [3.05, 3.63) is 59.9 Å². The lowest BCUT2D eigenvalue weighted by atomic mass is 10.0. The predicted molar refractivity (Wildman–Crippen MR) is 88.8 cm³/mol. The summed E-state index contributed by atoms with van der Waals surface area (Å²) >= 11 is 1.45. The molecule has 4 nitrogen and oxygen atoms in total. The van der Waals surface area contributed by atoms with Crippen molar-refractivity contribution in [2.75, 3.05) is 12.4 Å². The minimum absolute atomic E-state index is 0.0968. The molecule has 1 amide bonds. The number of aryl methyl sites for hydroxylation is 1. The molecule has 116 valence electrons. The van der Waals surface area contributed by atoms with Crippen molar-refractivity contribution in [2.24, 2.45) is 0 Å². The van der Waals surface area contributed by atoms with Gasteiger partial charge in [-0.3, -0.25) is 9.78 Å². The molecule has 0 bridgehead atoms. The minimum Gasteiger partial charge on any atom is -0.394 e. The Morgan fingerprint density at radius 2 is 1.91 bits per heavy atom. The van der Waals surface area contributed by atoms with Gasteiger partial charge in [0, 0.05) is 17.3 Å². The van der Waals surface area contributed by atoms with Crippen LogP contribution in [0.2, 0.25) is 0 Å². The van der Waals surface area contributed by atoms with Crippen molar-refractivity contribution < 1.29 is 9.90 Å². The Bertz CT molecular complexity index is 587. The maximum absolute atomic E-state index is 12.0. The number of hydrogen-bond donors (Lipinski definition) is 2. The minimum atomic E-state index is -0.364. The third kappa shape index (κ3) is 4.86. The molecule has 1 atom stereocenters. The molecule has 0 spiro atoms. The first-order valence-corrected chi connectivity index (χ1v) is 8.23. The number of thioether (sulfide) groups is 1. The Morgan fingerprint density at radius 1 is 1.23 bits per heavy atom. The SMILES string of the molecule is CCc1ccc(C(CO)NC(=O)CSc2ccncc2)cc1. The summed E-state index contributed by atoms with van der Waals surface area (Å²) in [5, 5.41) is 12.4. The van der Waals surface area contributed by atoms with Crippen molar-refractivity contribution in [1.82, 2.24) is 10.3 Å².